The van der Waals surface area contributed by atoms with Gasteiger partial charge in [0.15, 0.2) is 0 Å². The van der Waals surface area contributed by atoms with Crippen molar-refractivity contribution in [2.45, 2.75) is 57.0 Å². The number of rotatable bonds is 4. The summed E-state index contributed by atoms with van der Waals surface area (Å²) in [6.07, 6.45) is 7.66. The Hall–Kier alpha value is -0.930. The SMILES string of the molecule is NCC(c1ccccc1F)C(O)C1CCCCCCC1. The summed E-state index contributed by atoms with van der Waals surface area (Å²) in [5.74, 6) is -0.295. The van der Waals surface area contributed by atoms with Crippen molar-refractivity contribution in [1.82, 2.24) is 0 Å². The largest absolute Gasteiger partial charge is 0.392 e. The molecule has 0 aromatic heterocycles. The van der Waals surface area contributed by atoms with Gasteiger partial charge in [0, 0.05) is 12.5 Å². The molecule has 1 aromatic carbocycles. The van der Waals surface area contributed by atoms with Crippen LogP contribution in [0.5, 0.6) is 0 Å². The summed E-state index contributed by atoms with van der Waals surface area (Å²) in [5, 5.41) is 10.7. The average Bonchev–Trinajstić information content (AvgIpc) is 2.41. The molecule has 112 valence electrons. The molecule has 0 radical (unpaired) electrons. The van der Waals surface area contributed by atoms with Crippen LogP contribution in [-0.4, -0.2) is 17.8 Å². The molecular formula is C17H26FNO. The molecule has 1 aliphatic carbocycles. The Morgan fingerprint density at radius 3 is 2.30 bits per heavy atom. The lowest BCUT2D eigenvalue weighted by Crippen LogP contribution is -2.33. The quantitative estimate of drug-likeness (QED) is 0.884. The second-order valence-electron chi connectivity index (χ2n) is 5.96. The summed E-state index contributed by atoms with van der Waals surface area (Å²) in [6, 6.07) is 6.68. The van der Waals surface area contributed by atoms with Crippen molar-refractivity contribution in [3.8, 4) is 0 Å². The number of hydrogen-bond donors (Lipinski definition) is 2. The van der Waals surface area contributed by atoms with E-state index in [1.54, 1.807) is 12.1 Å². The highest BCUT2D eigenvalue weighted by Crippen LogP contribution is 2.32. The normalized spacial score (nSPS) is 20.9. The molecule has 0 saturated heterocycles. The van der Waals surface area contributed by atoms with Crippen LogP contribution in [0.25, 0.3) is 0 Å². The lowest BCUT2D eigenvalue weighted by atomic mass is 9.79. The summed E-state index contributed by atoms with van der Waals surface area (Å²) < 4.78 is 13.9. The van der Waals surface area contributed by atoms with Crippen LogP contribution in [0.1, 0.15) is 56.4 Å². The Kier molecular flexibility index (Phi) is 5.99. The highest BCUT2D eigenvalue weighted by atomic mass is 19.1. The maximum absolute atomic E-state index is 13.9. The summed E-state index contributed by atoms with van der Waals surface area (Å²) in [5.41, 5.74) is 6.38. The molecule has 3 N–H and O–H groups in total. The molecule has 20 heavy (non-hydrogen) atoms. The molecule has 1 fully saturated rings. The van der Waals surface area contributed by atoms with Gasteiger partial charge in [0.2, 0.25) is 0 Å². The molecular weight excluding hydrogens is 253 g/mol. The predicted molar refractivity (Wildman–Crippen MR) is 80.0 cm³/mol. The van der Waals surface area contributed by atoms with Crippen molar-refractivity contribution >= 4 is 0 Å². The number of benzene rings is 1. The molecule has 2 atom stereocenters. The zero-order valence-corrected chi connectivity index (χ0v) is 12.1. The van der Waals surface area contributed by atoms with Gasteiger partial charge >= 0.3 is 0 Å². The van der Waals surface area contributed by atoms with Crippen LogP contribution in [0.15, 0.2) is 24.3 Å². The molecule has 1 aliphatic rings. The van der Waals surface area contributed by atoms with Gasteiger partial charge in [-0.15, -0.1) is 0 Å². The molecule has 0 amide bonds. The third-order valence-electron chi connectivity index (χ3n) is 4.60. The first-order valence-corrected chi connectivity index (χ1v) is 7.86. The van der Waals surface area contributed by atoms with Gasteiger partial charge in [-0.3, -0.25) is 0 Å². The van der Waals surface area contributed by atoms with Gasteiger partial charge in [-0.05, 0) is 30.4 Å². The zero-order chi connectivity index (χ0) is 14.4. The summed E-state index contributed by atoms with van der Waals surface area (Å²) in [4.78, 5) is 0. The zero-order valence-electron chi connectivity index (χ0n) is 12.1. The maximum atomic E-state index is 13.9. The van der Waals surface area contributed by atoms with Crippen LogP contribution in [0, 0.1) is 11.7 Å². The van der Waals surface area contributed by atoms with E-state index in [1.165, 1.54) is 25.3 Å². The summed E-state index contributed by atoms with van der Waals surface area (Å²) in [7, 11) is 0. The molecule has 2 rings (SSSR count). The Bertz CT molecular complexity index is 402. The van der Waals surface area contributed by atoms with Crippen molar-refractivity contribution in [3.05, 3.63) is 35.6 Å². The summed E-state index contributed by atoms with van der Waals surface area (Å²) >= 11 is 0. The van der Waals surface area contributed by atoms with E-state index in [0.717, 1.165) is 25.7 Å². The first-order chi connectivity index (χ1) is 9.74. The monoisotopic (exact) mass is 279 g/mol. The highest BCUT2D eigenvalue weighted by molar-refractivity contribution is 5.23. The van der Waals surface area contributed by atoms with E-state index in [-0.39, 0.29) is 17.7 Å². The fourth-order valence-electron chi connectivity index (χ4n) is 3.38. The molecule has 2 nitrogen and oxygen atoms in total. The standard InChI is InChI=1S/C17H26FNO/c18-16-11-7-6-10-14(16)15(12-19)17(20)13-8-4-2-1-3-5-9-13/h6-7,10-11,13,15,17,20H,1-5,8-9,12,19H2. The first kappa shape index (κ1) is 15.5. The van der Waals surface area contributed by atoms with E-state index in [9.17, 15) is 9.50 Å². The van der Waals surface area contributed by atoms with Gasteiger partial charge in [0.05, 0.1) is 6.10 Å². The number of halogens is 1. The minimum Gasteiger partial charge on any atom is -0.392 e. The highest BCUT2D eigenvalue weighted by Gasteiger charge is 2.29. The van der Waals surface area contributed by atoms with Gasteiger partial charge in [0.25, 0.3) is 0 Å². The van der Waals surface area contributed by atoms with Gasteiger partial charge in [-0.1, -0.05) is 50.3 Å². The molecule has 0 bridgehead atoms. The Balaban J connectivity index is 2.11. The molecule has 0 heterocycles. The van der Waals surface area contributed by atoms with Crippen molar-refractivity contribution in [1.29, 1.82) is 0 Å². The van der Waals surface area contributed by atoms with Crippen molar-refractivity contribution in [3.63, 3.8) is 0 Å². The average molecular weight is 279 g/mol. The van der Waals surface area contributed by atoms with Crippen LogP contribution in [0.4, 0.5) is 4.39 Å². The fourth-order valence-corrected chi connectivity index (χ4v) is 3.38. The fraction of sp³-hybridized carbons (Fsp3) is 0.647. The second kappa shape index (κ2) is 7.75. The second-order valence-corrected chi connectivity index (χ2v) is 5.96. The van der Waals surface area contributed by atoms with Gasteiger partial charge in [0.1, 0.15) is 5.82 Å². The van der Waals surface area contributed by atoms with Crippen molar-refractivity contribution in [2.75, 3.05) is 6.54 Å². The van der Waals surface area contributed by atoms with E-state index in [4.69, 9.17) is 5.73 Å². The minimum atomic E-state index is -0.532. The Morgan fingerprint density at radius 1 is 1.10 bits per heavy atom. The van der Waals surface area contributed by atoms with Crippen LogP contribution in [0.2, 0.25) is 0 Å². The molecule has 1 aromatic rings. The third kappa shape index (κ3) is 3.80. The first-order valence-electron chi connectivity index (χ1n) is 7.86. The van der Waals surface area contributed by atoms with Gasteiger partial charge in [-0.2, -0.15) is 0 Å². The summed E-state index contributed by atoms with van der Waals surface area (Å²) in [6.45, 7) is 0.290. The number of aliphatic hydroxyl groups is 1. The van der Waals surface area contributed by atoms with Crippen LogP contribution in [0.3, 0.4) is 0 Å². The lowest BCUT2D eigenvalue weighted by molar-refractivity contribution is 0.0669. The van der Waals surface area contributed by atoms with E-state index in [2.05, 4.69) is 0 Å². The molecule has 2 unspecified atom stereocenters. The van der Waals surface area contributed by atoms with Crippen molar-refractivity contribution in [2.24, 2.45) is 11.7 Å². The van der Waals surface area contributed by atoms with Gasteiger partial charge < -0.3 is 10.8 Å². The molecule has 1 saturated carbocycles. The Labute approximate surface area is 121 Å². The number of aliphatic hydroxyl groups excluding tert-OH is 1. The molecule has 0 aliphatic heterocycles. The number of nitrogens with two attached hydrogens (primary N) is 1. The molecule has 3 heteroatoms. The lowest BCUT2D eigenvalue weighted by Gasteiger charge is -2.31. The number of hydrogen-bond acceptors (Lipinski definition) is 2. The van der Waals surface area contributed by atoms with E-state index < -0.39 is 6.10 Å². The molecule has 0 spiro atoms. The van der Waals surface area contributed by atoms with Crippen LogP contribution in [-0.2, 0) is 0 Å². The van der Waals surface area contributed by atoms with Crippen LogP contribution >= 0.6 is 0 Å². The van der Waals surface area contributed by atoms with Crippen molar-refractivity contribution < 1.29 is 9.50 Å². The Morgan fingerprint density at radius 2 is 1.70 bits per heavy atom. The van der Waals surface area contributed by atoms with Crippen LogP contribution < -0.4 is 5.73 Å². The smallest absolute Gasteiger partial charge is 0.126 e. The predicted octanol–water partition coefficient (Wildman–Crippen LogP) is 3.59. The van der Waals surface area contributed by atoms with E-state index in [0.29, 0.717) is 12.1 Å². The topological polar surface area (TPSA) is 46.2 Å². The van der Waals surface area contributed by atoms with E-state index in [1.807, 2.05) is 6.07 Å². The van der Waals surface area contributed by atoms with E-state index >= 15 is 0 Å². The minimum absolute atomic E-state index is 0.253. The maximum Gasteiger partial charge on any atom is 0.126 e. The van der Waals surface area contributed by atoms with Gasteiger partial charge in [-0.25, -0.2) is 4.39 Å². The third-order valence-corrected chi connectivity index (χ3v) is 4.60.